The first-order valence-corrected chi connectivity index (χ1v) is 7.37. The second-order valence-electron chi connectivity index (χ2n) is 4.48. The Hall–Kier alpha value is -2.53. The van der Waals surface area contributed by atoms with Crippen molar-refractivity contribution in [3.63, 3.8) is 0 Å². The number of hydrogen-bond acceptors (Lipinski definition) is 4. The van der Waals surface area contributed by atoms with Gasteiger partial charge in [0.1, 0.15) is 0 Å². The Morgan fingerprint density at radius 1 is 1.14 bits per heavy atom. The molecule has 0 aliphatic rings. The fourth-order valence-electron chi connectivity index (χ4n) is 1.93. The van der Waals surface area contributed by atoms with Gasteiger partial charge < -0.3 is 5.32 Å². The van der Waals surface area contributed by atoms with Crippen LogP contribution >= 0.6 is 11.3 Å². The van der Waals surface area contributed by atoms with E-state index >= 15 is 0 Å². The number of nitrogens with zero attached hydrogens (tertiary/aromatic N) is 2. The minimum absolute atomic E-state index is 0.134. The first-order valence-electron chi connectivity index (χ1n) is 6.49. The zero-order valence-corrected chi connectivity index (χ0v) is 12.0. The van der Waals surface area contributed by atoms with Crippen molar-refractivity contribution in [1.82, 2.24) is 15.3 Å². The third-order valence-electron chi connectivity index (χ3n) is 2.98. The average Bonchev–Trinajstić information content (AvgIpc) is 3.08. The smallest absolute Gasteiger partial charge is 0.253 e. The van der Waals surface area contributed by atoms with Crippen LogP contribution in [0.15, 0.2) is 60.5 Å². The van der Waals surface area contributed by atoms with Crippen LogP contribution < -0.4 is 5.32 Å². The van der Waals surface area contributed by atoms with E-state index in [4.69, 9.17) is 0 Å². The average molecular weight is 295 g/mol. The number of thiophene rings is 1. The fourth-order valence-corrected chi connectivity index (χ4v) is 2.64. The SMILES string of the molecule is O=C(NCc1cccnc1)c1cncc(-c2cccs2)c1. The largest absolute Gasteiger partial charge is 0.348 e. The van der Waals surface area contributed by atoms with E-state index in [0.717, 1.165) is 16.0 Å². The van der Waals surface area contributed by atoms with Crippen LogP contribution in [0.5, 0.6) is 0 Å². The standard InChI is InChI=1S/C16H13N3OS/c20-16(19-9-12-3-1-5-17-8-12)14-7-13(10-18-11-14)15-4-2-6-21-15/h1-8,10-11H,9H2,(H,19,20). The monoisotopic (exact) mass is 295 g/mol. The highest BCUT2D eigenvalue weighted by Gasteiger charge is 2.08. The van der Waals surface area contributed by atoms with Gasteiger partial charge in [-0.1, -0.05) is 12.1 Å². The Balaban J connectivity index is 1.72. The zero-order valence-electron chi connectivity index (χ0n) is 11.2. The second-order valence-corrected chi connectivity index (χ2v) is 5.43. The topological polar surface area (TPSA) is 54.9 Å². The van der Waals surface area contributed by atoms with Gasteiger partial charge >= 0.3 is 0 Å². The van der Waals surface area contributed by atoms with Crippen LogP contribution in [-0.2, 0) is 6.54 Å². The molecule has 0 aliphatic carbocycles. The lowest BCUT2D eigenvalue weighted by atomic mass is 10.1. The van der Waals surface area contributed by atoms with Gasteiger partial charge in [-0.25, -0.2) is 0 Å². The number of aromatic nitrogens is 2. The minimum Gasteiger partial charge on any atom is -0.348 e. The van der Waals surface area contributed by atoms with E-state index in [2.05, 4.69) is 15.3 Å². The van der Waals surface area contributed by atoms with Crippen LogP contribution in [0.1, 0.15) is 15.9 Å². The first-order chi connectivity index (χ1) is 10.3. The predicted octanol–water partition coefficient (Wildman–Crippen LogP) is 3.14. The Morgan fingerprint density at radius 3 is 2.86 bits per heavy atom. The molecule has 0 saturated carbocycles. The molecule has 0 aliphatic heterocycles. The Morgan fingerprint density at radius 2 is 2.10 bits per heavy atom. The van der Waals surface area contributed by atoms with Crippen molar-refractivity contribution in [2.75, 3.05) is 0 Å². The van der Waals surface area contributed by atoms with Gasteiger partial charge in [-0.05, 0) is 29.1 Å². The van der Waals surface area contributed by atoms with E-state index in [1.165, 1.54) is 0 Å². The summed E-state index contributed by atoms with van der Waals surface area (Å²) in [6, 6.07) is 9.62. The van der Waals surface area contributed by atoms with Gasteiger partial charge in [0.2, 0.25) is 0 Å². The summed E-state index contributed by atoms with van der Waals surface area (Å²) >= 11 is 1.63. The van der Waals surface area contributed by atoms with Gasteiger partial charge in [-0.3, -0.25) is 14.8 Å². The maximum atomic E-state index is 12.2. The molecular weight excluding hydrogens is 282 g/mol. The quantitative estimate of drug-likeness (QED) is 0.804. The maximum absolute atomic E-state index is 12.2. The molecule has 0 aromatic carbocycles. The van der Waals surface area contributed by atoms with Crippen LogP contribution in [0.25, 0.3) is 10.4 Å². The number of pyridine rings is 2. The van der Waals surface area contributed by atoms with Crippen molar-refractivity contribution >= 4 is 17.2 Å². The summed E-state index contributed by atoms with van der Waals surface area (Å²) in [4.78, 5) is 21.4. The highest BCUT2D eigenvalue weighted by Crippen LogP contribution is 2.24. The lowest BCUT2D eigenvalue weighted by Crippen LogP contribution is -2.23. The van der Waals surface area contributed by atoms with Crippen molar-refractivity contribution in [2.24, 2.45) is 0 Å². The minimum atomic E-state index is -0.134. The molecule has 3 heterocycles. The molecule has 5 heteroatoms. The molecule has 0 fully saturated rings. The van der Waals surface area contributed by atoms with Crippen molar-refractivity contribution in [2.45, 2.75) is 6.54 Å². The van der Waals surface area contributed by atoms with Gasteiger partial charge in [0.15, 0.2) is 0 Å². The van der Waals surface area contributed by atoms with Gasteiger partial charge in [0.25, 0.3) is 5.91 Å². The third kappa shape index (κ3) is 3.32. The molecule has 1 amide bonds. The summed E-state index contributed by atoms with van der Waals surface area (Å²) in [6.45, 7) is 0.454. The second kappa shape index (κ2) is 6.28. The molecule has 1 N–H and O–H groups in total. The van der Waals surface area contributed by atoms with Crippen LogP contribution in [0, 0.1) is 0 Å². The molecule has 21 heavy (non-hydrogen) atoms. The Kier molecular flexibility index (Phi) is 4.02. The molecule has 0 atom stereocenters. The highest BCUT2D eigenvalue weighted by atomic mass is 32.1. The van der Waals surface area contributed by atoms with Crippen LogP contribution in [0.4, 0.5) is 0 Å². The van der Waals surface area contributed by atoms with Crippen molar-refractivity contribution in [3.8, 4) is 10.4 Å². The third-order valence-corrected chi connectivity index (χ3v) is 3.90. The molecule has 4 nitrogen and oxygen atoms in total. The van der Waals surface area contributed by atoms with Gasteiger partial charge in [-0.2, -0.15) is 0 Å². The number of hydrogen-bond donors (Lipinski definition) is 1. The molecule has 3 aromatic heterocycles. The fraction of sp³-hybridized carbons (Fsp3) is 0.0625. The summed E-state index contributed by atoms with van der Waals surface area (Å²) in [5.41, 5.74) is 2.48. The predicted molar refractivity (Wildman–Crippen MR) is 83.0 cm³/mol. The zero-order chi connectivity index (χ0) is 14.5. The normalized spacial score (nSPS) is 10.3. The molecule has 0 saturated heterocycles. The van der Waals surface area contributed by atoms with Crippen LogP contribution in [-0.4, -0.2) is 15.9 Å². The maximum Gasteiger partial charge on any atom is 0.253 e. The summed E-state index contributed by atoms with van der Waals surface area (Å²) in [5.74, 6) is -0.134. The molecule has 104 valence electrons. The molecule has 3 aromatic rings. The van der Waals surface area contributed by atoms with Crippen LogP contribution in [0.2, 0.25) is 0 Å². The van der Waals surface area contributed by atoms with Crippen molar-refractivity contribution in [3.05, 3.63) is 71.6 Å². The molecule has 0 unspecified atom stereocenters. The van der Waals surface area contributed by atoms with Crippen LogP contribution in [0.3, 0.4) is 0 Å². The summed E-state index contributed by atoms with van der Waals surface area (Å²) in [5, 5.41) is 4.88. The van der Waals surface area contributed by atoms with E-state index in [0.29, 0.717) is 12.1 Å². The number of amides is 1. The van der Waals surface area contributed by atoms with E-state index in [1.54, 1.807) is 36.1 Å². The number of carbonyl (C=O) groups excluding carboxylic acids is 1. The van der Waals surface area contributed by atoms with E-state index < -0.39 is 0 Å². The van der Waals surface area contributed by atoms with E-state index in [-0.39, 0.29) is 5.91 Å². The molecule has 0 radical (unpaired) electrons. The molecule has 0 spiro atoms. The molecule has 3 rings (SSSR count). The number of rotatable bonds is 4. The van der Waals surface area contributed by atoms with E-state index in [1.807, 2.05) is 35.7 Å². The van der Waals surface area contributed by atoms with Gasteiger partial charge in [0.05, 0.1) is 5.56 Å². The molecule has 0 bridgehead atoms. The van der Waals surface area contributed by atoms with Crippen molar-refractivity contribution < 1.29 is 4.79 Å². The Bertz CT molecular complexity index is 726. The summed E-state index contributed by atoms with van der Waals surface area (Å²) < 4.78 is 0. The first kappa shape index (κ1) is 13.5. The van der Waals surface area contributed by atoms with Gasteiger partial charge in [-0.15, -0.1) is 11.3 Å². The molecular formula is C16H13N3OS. The van der Waals surface area contributed by atoms with Crippen molar-refractivity contribution in [1.29, 1.82) is 0 Å². The Labute approximate surface area is 126 Å². The highest BCUT2D eigenvalue weighted by molar-refractivity contribution is 7.13. The van der Waals surface area contributed by atoms with E-state index in [9.17, 15) is 4.79 Å². The number of nitrogens with one attached hydrogen (secondary N) is 1. The number of carbonyl (C=O) groups is 1. The summed E-state index contributed by atoms with van der Waals surface area (Å²) in [7, 11) is 0. The lowest BCUT2D eigenvalue weighted by Gasteiger charge is -2.06. The van der Waals surface area contributed by atoms with Gasteiger partial charge in [0, 0.05) is 41.8 Å². The summed E-state index contributed by atoms with van der Waals surface area (Å²) in [6.07, 6.45) is 6.79. The lowest BCUT2D eigenvalue weighted by molar-refractivity contribution is 0.0950.